The summed E-state index contributed by atoms with van der Waals surface area (Å²) in [6.45, 7) is 19.0. The van der Waals surface area contributed by atoms with Gasteiger partial charge in [-0.3, -0.25) is 4.70 Å². The molecule has 20 heteroatoms. The van der Waals surface area contributed by atoms with Gasteiger partial charge in [0.1, 0.15) is 23.0 Å². The minimum atomic E-state index is -3.52. The summed E-state index contributed by atoms with van der Waals surface area (Å²) in [5, 5.41) is 19.5. The first-order valence-corrected chi connectivity index (χ1v) is 23.9. The van der Waals surface area contributed by atoms with E-state index in [4.69, 9.17) is 28.2 Å². The lowest BCUT2D eigenvalue weighted by Crippen LogP contribution is -2.41. The van der Waals surface area contributed by atoms with E-state index in [1.165, 1.54) is 33.6 Å². The molecule has 4 aromatic carbocycles. The monoisotopic (exact) mass is 950 g/mol. The van der Waals surface area contributed by atoms with Crippen molar-refractivity contribution in [2.24, 2.45) is 0 Å². The van der Waals surface area contributed by atoms with Crippen LogP contribution >= 0.6 is 12.4 Å². The molecule has 3 heterocycles. The second-order valence-corrected chi connectivity index (χ2v) is 19.7. The van der Waals surface area contributed by atoms with Crippen LogP contribution in [0.1, 0.15) is 79.4 Å². The molecule has 3 aliphatic rings. The van der Waals surface area contributed by atoms with Gasteiger partial charge >= 0.3 is 14.2 Å². The number of aliphatic hydroxyl groups is 1. The highest BCUT2D eigenvalue weighted by molar-refractivity contribution is 7.89. The molecule has 64 heavy (non-hydrogen) atoms. The second kappa shape index (κ2) is 23.7. The molecule has 14 nitrogen and oxygen atoms in total. The molecule has 0 aromatic heterocycles. The van der Waals surface area contributed by atoms with Crippen LogP contribution in [0, 0.1) is 0 Å². The molecule has 0 unspecified atom stereocenters. The van der Waals surface area contributed by atoms with Gasteiger partial charge in [-0.2, -0.15) is 8.61 Å². The van der Waals surface area contributed by atoms with Crippen molar-refractivity contribution in [2.45, 2.75) is 102 Å². The summed E-state index contributed by atoms with van der Waals surface area (Å²) >= 11 is 0. The van der Waals surface area contributed by atoms with Gasteiger partial charge in [0, 0.05) is 39.4 Å². The lowest BCUT2D eigenvalue weighted by atomic mass is 9.76. The van der Waals surface area contributed by atoms with E-state index in [9.17, 15) is 27.0 Å². The number of rotatable bonds is 14. The van der Waals surface area contributed by atoms with Gasteiger partial charge in [0.2, 0.25) is 20.0 Å². The molecule has 0 bridgehead atoms. The van der Waals surface area contributed by atoms with Crippen molar-refractivity contribution in [3.63, 3.8) is 0 Å². The first-order valence-electron chi connectivity index (χ1n) is 21.1. The van der Waals surface area contributed by atoms with Crippen LogP contribution < -0.4 is 20.4 Å². The van der Waals surface area contributed by atoms with Gasteiger partial charge in [-0.25, -0.2) is 16.8 Å². The normalized spacial score (nSPS) is 16.2. The van der Waals surface area contributed by atoms with E-state index in [0.29, 0.717) is 61.3 Å². The van der Waals surface area contributed by atoms with E-state index < -0.39 is 45.5 Å². The molecule has 352 valence electrons. The number of hydrogen-bond donors (Lipinski definition) is 2. The zero-order chi connectivity index (χ0) is 45.3. The summed E-state index contributed by atoms with van der Waals surface area (Å²) in [5.41, 5.74) is 2.05. The van der Waals surface area contributed by atoms with E-state index in [1.807, 2.05) is 67.5 Å². The van der Waals surface area contributed by atoms with Gasteiger partial charge in [-0.05, 0) is 135 Å². The standard InChI is InChI=1S/C23H32BNO6S.C17H20BNO5S.C4H8O.ClH.FH/c1-7-25(8-2)32(27,28)20-12-9-18(10-13-20)29-19-11-14-21(17(15-19)16-26)24-30-22(3,4)23(5,6)31-24;1-3-19(4-2)25(21,22)16-8-5-14(6-9-16)24-15-7-10-17-13(11-15)12-23-18(17)20;1-2-4-5-3-1;;/h9-15,26H,7-8,16H2,1-6H3;5-11,20H,3-4,12H2,1-2H3;1-4H2;2*1H. The van der Waals surface area contributed by atoms with Crippen molar-refractivity contribution < 1.29 is 59.8 Å². The summed E-state index contributed by atoms with van der Waals surface area (Å²) in [6, 6.07) is 23.3. The second-order valence-electron chi connectivity index (χ2n) is 15.8. The maximum Gasteiger partial charge on any atom is 0.495 e. The Bertz CT molecular complexity index is 2290. The van der Waals surface area contributed by atoms with Gasteiger partial charge in [0.25, 0.3) is 0 Å². The first-order chi connectivity index (χ1) is 29.4. The number of aliphatic hydroxyl groups excluding tert-OH is 1. The molecule has 0 saturated carbocycles. The Morgan fingerprint density at radius 2 is 1.05 bits per heavy atom. The SMILES string of the molecule is C1CCOC1.CCN(CC)S(=O)(=O)c1ccc(Oc2ccc(B3OC(C)(C)C(C)(C)O3)c(CO)c2)cc1.CCN(CC)S(=O)(=O)c1ccc(Oc2ccc3c(c2)COB3O)cc1.Cl.F. The van der Waals surface area contributed by atoms with Crippen molar-refractivity contribution in [1.82, 2.24) is 8.61 Å². The molecule has 0 spiro atoms. The van der Waals surface area contributed by atoms with E-state index in [0.717, 1.165) is 29.7 Å². The number of hydrogen-bond acceptors (Lipinski definition) is 12. The van der Waals surface area contributed by atoms with Gasteiger partial charge < -0.3 is 38.3 Å². The zero-order valence-electron chi connectivity index (χ0n) is 37.8. The average Bonchev–Trinajstić information content (AvgIpc) is 4.00. The summed E-state index contributed by atoms with van der Waals surface area (Å²) in [6.07, 6.45) is 2.56. The third-order valence-corrected chi connectivity index (χ3v) is 15.3. The van der Waals surface area contributed by atoms with Crippen molar-refractivity contribution in [3.05, 3.63) is 96.1 Å². The van der Waals surface area contributed by atoms with Crippen LogP contribution in [-0.4, -0.2) is 100 Å². The molecule has 0 amide bonds. The Kier molecular flexibility index (Phi) is 20.3. The summed E-state index contributed by atoms with van der Waals surface area (Å²) in [5.74, 6) is 2.16. The van der Waals surface area contributed by atoms with Gasteiger partial charge in [-0.15, -0.1) is 12.4 Å². The fourth-order valence-corrected chi connectivity index (χ4v) is 9.74. The Hall–Kier alpha value is -3.59. The average molecular weight is 951 g/mol. The van der Waals surface area contributed by atoms with Crippen LogP contribution in [0.5, 0.6) is 23.0 Å². The Morgan fingerprint density at radius 1 is 0.641 bits per heavy atom. The first kappa shape index (κ1) is 54.7. The number of fused-ring (bicyclic) bond motifs is 1. The highest BCUT2D eigenvalue weighted by Crippen LogP contribution is 2.37. The van der Waals surface area contributed by atoms with Gasteiger partial charge in [0.05, 0.1) is 34.2 Å². The fourth-order valence-electron chi connectivity index (χ4n) is 6.82. The molecule has 0 radical (unpaired) electrons. The van der Waals surface area contributed by atoms with Crippen LogP contribution in [0.15, 0.2) is 94.7 Å². The van der Waals surface area contributed by atoms with E-state index in [-0.39, 0.29) is 33.5 Å². The molecular formula is C44H62B2ClFN2O12S2. The largest absolute Gasteiger partial charge is 0.495 e. The van der Waals surface area contributed by atoms with E-state index >= 15 is 0 Å². The maximum absolute atomic E-state index is 12.6. The molecule has 2 saturated heterocycles. The lowest BCUT2D eigenvalue weighted by Gasteiger charge is -2.32. The Balaban J connectivity index is 0.000000304. The van der Waals surface area contributed by atoms with Gasteiger partial charge in [0.15, 0.2) is 0 Å². The zero-order valence-corrected chi connectivity index (χ0v) is 40.3. The molecule has 0 atom stereocenters. The summed E-state index contributed by atoms with van der Waals surface area (Å²) in [7, 11) is -8.45. The highest BCUT2D eigenvalue weighted by atomic mass is 35.5. The molecule has 0 aliphatic carbocycles. The Labute approximate surface area is 385 Å². The van der Waals surface area contributed by atoms with E-state index in [2.05, 4.69) is 0 Å². The molecule has 3 aliphatic heterocycles. The fraction of sp³-hybridized carbons (Fsp3) is 0.455. The van der Waals surface area contributed by atoms with Crippen LogP contribution in [0.4, 0.5) is 4.70 Å². The van der Waals surface area contributed by atoms with Crippen molar-refractivity contribution in [3.8, 4) is 23.0 Å². The van der Waals surface area contributed by atoms with Gasteiger partial charge in [-0.1, -0.05) is 39.8 Å². The minimum Gasteiger partial charge on any atom is -0.457 e. The maximum atomic E-state index is 12.6. The summed E-state index contributed by atoms with van der Waals surface area (Å²) < 4.78 is 87.0. The minimum absolute atomic E-state index is 0. The Morgan fingerprint density at radius 3 is 1.44 bits per heavy atom. The predicted molar refractivity (Wildman–Crippen MR) is 250 cm³/mol. The number of benzene rings is 4. The van der Waals surface area contributed by atoms with Crippen LogP contribution in [0.3, 0.4) is 0 Å². The molecule has 2 fully saturated rings. The topological polar surface area (TPSA) is 171 Å². The number of ether oxygens (including phenoxy) is 3. The van der Waals surface area contributed by atoms with Crippen molar-refractivity contribution in [1.29, 1.82) is 0 Å². The predicted octanol–water partition coefficient (Wildman–Crippen LogP) is 6.40. The lowest BCUT2D eigenvalue weighted by molar-refractivity contribution is 0.00578. The van der Waals surface area contributed by atoms with Crippen LogP contribution in [0.25, 0.3) is 0 Å². The molecular weight excluding hydrogens is 889 g/mol. The van der Waals surface area contributed by atoms with Crippen molar-refractivity contribution in [2.75, 3.05) is 39.4 Å². The number of halogens is 2. The van der Waals surface area contributed by atoms with Crippen LogP contribution in [0.2, 0.25) is 0 Å². The molecule has 7 rings (SSSR count). The third kappa shape index (κ3) is 13.1. The number of sulfonamides is 2. The third-order valence-electron chi connectivity index (χ3n) is 11.2. The van der Waals surface area contributed by atoms with E-state index in [1.54, 1.807) is 60.7 Å². The molecule has 4 aromatic rings. The quantitative estimate of drug-likeness (QED) is 0.134. The van der Waals surface area contributed by atoms with Crippen molar-refractivity contribution >= 4 is 57.6 Å². The summed E-state index contributed by atoms with van der Waals surface area (Å²) in [4.78, 5) is 0.467. The molecule has 2 N–H and O–H groups in total. The smallest absolute Gasteiger partial charge is 0.457 e. The van der Waals surface area contributed by atoms with Crippen LogP contribution in [-0.2, 0) is 52.0 Å². The number of nitrogens with zero attached hydrogens (tertiary/aromatic N) is 2. The highest BCUT2D eigenvalue weighted by Gasteiger charge is 2.52.